The first-order valence-corrected chi connectivity index (χ1v) is 5.79. The van der Waals surface area contributed by atoms with Crippen molar-refractivity contribution in [2.24, 2.45) is 0 Å². The fourth-order valence-corrected chi connectivity index (χ4v) is 1.88. The minimum Gasteiger partial charge on any atom is -0.504 e. The molecule has 0 bridgehead atoms. The molecule has 0 fully saturated rings. The quantitative estimate of drug-likeness (QED) is 0.869. The number of benzene rings is 2. The van der Waals surface area contributed by atoms with Crippen molar-refractivity contribution in [1.82, 2.24) is 0 Å². The van der Waals surface area contributed by atoms with Crippen molar-refractivity contribution in [1.29, 1.82) is 0 Å². The van der Waals surface area contributed by atoms with Gasteiger partial charge in [-0.1, -0.05) is 36.4 Å². The van der Waals surface area contributed by atoms with Crippen LogP contribution in [0, 0.1) is 0 Å². The number of rotatable bonds is 4. The van der Waals surface area contributed by atoms with Gasteiger partial charge in [0, 0.05) is 6.42 Å². The van der Waals surface area contributed by atoms with E-state index in [0.29, 0.717) is 12.2 Å². The Labute approximate surface area is 106 Å². The Morgan fingerprint density at radius 1 is 1.11 bits per heavy atom. The van der Waals surface area contributed by atoms with Gasteiger partial charge in [0.05, 0.1) is 13.2 Å². The second-order valence-corrected chi connectivity index (χ2v) is 4.14. The molecular formula is C15H16O3. The van der Waals surface area contributed by atoms with Crippen LogP contribution >= 0.6 is 0 Å². The number of aliphatic hydroxyl groups excluding tert-OH is 1. The summed E-state index contributed by atoms with van der Waals surface area (Å²) < 4.78 is 4.98. The van der Waals surface area contributed by atoms with Crippen molar-refractivity contribution >= 4 is 0 Å². The highest BCUT2D eigenvalue weighted by Crippen LogP contribution is 2.28. The molecule has 2 N–H and O–H groups in total. The van der Waals surface area contributed by atoms with Crippen molar-refractivity contribution in [3.05, 3.63) is 59.7 Å². The minimum absolute atomic E-state index is 0.0928. The second kappa shape index (κ2) is 5.56. The molecule has 0 saturated heterocycles. The summed E-state index contributed by atoms with van der Waals surface area (Å²) in [5.74, 6) is 0.531. The molecule has 2 rings (SSSR count). The maximum absolute atomic E-state index is 10.1. The van der Waals surface area contributed by atoms with Gasteiger partial charge in [-0.3, -0.25) is 0 Å². The largest absolute Gasteiger partial charge is 0.504 e. The highest BCUT2D eigenvalue weighted by atomic mass is 16.5. The maximum atomic E-state index is 10.1. The van der Waals surface area contributed by atoms with Crippen molar-refractivity contribution < 1.29 is 14.9 Å². The van der Waals surface area contributed by atoms with E-state index in [0.717, 1.165) is 11.1 Å². The zero-order valence-corrected chi connectivity index (χ0v) is 10.2. The van der Waals surface area contributed by atoms with Gasteiger partial charge in [-0.15, -0.1) is 0 Å². The molecule has 0 spiro atoms. The van der Waals surface area contributed by atoms with E-state index in [9.17, 15) is 10.2 Å². The minimum atomic E-state index is -0.570. The lowest BCUT2D eigenvalue weighted by molar-refractivity contribution is 0.178. The summed E-state index contributed by atoms with van der Waals surface area (Å²) in [7, 11) is 1.51. The van der Waals surface area contributed by atoms with Crippen molar-refractivity contribution in [3.8, 4) is 11.5 Å². The molecule has 0 heterocycles. The average Bonchev–Trinajstić information content (AvgIpc) is 2.40. The molecule has 2 aromatic carbocycles. The summed E-state index contributed by atoms with van der Waals surface area (Å²) in [6.45, 7) is 0. The normalized spacial score (nSPS) is 12.1. The highest BCUT2D eigenvalue weighted by Gasteiger charge is 2.10. The van der Waals surface area contributed by atoms with E-state index in [2.05, 4.69) is 0 Å². The van der Waals surface area contributed by atoms with Gasteiger partial charge in [-0.2, -0.15) is 0 Å². The summed E-state index contributed by atoms with van der Waals surface area (Å²) in [6, 6.07) is 14.6. The van der Waals surface area contributed by atoms with Crippen molar-refractivity contribution in [3.63, 3.8) is 0 Å². The second-order valence-electron chi connectivity index (χ2n) is 4.14. The molecule has 0 aromatic heterocycles. The predicted molar refractivity (Wildman–Crippen MR) is 69.8 cm³/mol. The number of aliphatic hydroxyl groups is 1. The maximum Gasteiger partial charge on any atom is 0.160 e. The molecule has 94 valence electrons. The van der Waals surface area contributed by atoms with Gasteiger partial charge in [0.15, 0.2) is 11.5 Å². The van der Waals surface area contributed by atoms with E-state index >= 15 is 0 Å². The first kappa shape index (κ1) is 12.5. The molecule has 0 radical (unpaired) electrons. The lowest BCUT2D eigenvalue weighted by atomic mass is 10.0. The van der Waals surface area contributed by atoms with Crippen LogP contribution in [0.4, 0.5) is 0 Å². The van der Waals surface area contributed by atoms with Gasteiger partial charge in [-0.05, 0) is 23.3 Å². The van der Waals surface area contributed by atoms with E-state index < -0.39 is 6.10 Å². The Balaban J connectivity index is 2.12. The number of aromatic hydroxyl groups is 1. The molecule has 18 heavy (non-hydrogen) atoms. The molecule has 1 atom stereocenters. The Kier molecular flexibility index (Phi) is 3.85. The number of methoxy groups -OCH3 is 1. The Bertz CT molecular complexity index is 508. The molecular weight excluding hydrogens is 228 g/mol. The van der Waals surface area contributed by atoms with E-state index in [-0.39, 0.29) is 5.75 Å². The fraction of sp³-hybridized carbons (Fsp3) is 0.200. The van der Waals surface area contributed by atoms with Gasteiger partial charge in [-0.25, -0.2) is 0 Å². The van der Waals surface area contributed by atoms with Gasteiger partial charge in [0.2, 0.25) is 0 Å². The number of phenols is 1. The van der Waals surface area contributed by atoms with Gasteiger partial charge in [0.25, 0.3) is 0 Å². The third-order valence-electron chi connectivity index (χ3n) is 2.86. The molecule has 0 aliphatic heterocycles. The summed E-state index contributed by atoms with van der Waals surface area (Å²) in [6.07, 6.45) is -0.110. The number of hydrogen-bond acceptors (Lipinski definition) is 3. The Hall–Kier alpha value is -2.00. The van der Waals surface area contributed by atoms with Crippen LogP contribution in [0.15, 0.2) is 48.5 Å². The molecule has 3 heteroatoms. The number of ether oxygens (including phenoxy) is 1. The summed E-state index contributed by atoms with van der Waals surface area (Å²) in [5.41, 5.74) is 1.73. The smallest absolute Gasteiger partial charge is 0.160 e. The SMILES string of the molecule is COc1ccc(CC(O)c2ccccc2)cc1O. The van der Waals surface area contributed by atoms with Gasteiger partial charge >= 0.3 is 0 Å². The molecule has 3 nitrogen and oxygen atoms in total. The molecule has 0 aliphatic rings. The van der Waals surface area contributed by atoms with Crippen molar-refractivity contribution in [2.75, 3.05) is 7.11 Å². The van der Waals surface area contributed by atoms with Crippen LogP contribution in [-0.2, 0) is 6.42 Å². The molecule has 0 aliphatic carbocycles. The van der Waals surface area contributed by atoms with Crippen LogP contribution in [0.5, 0.6) is 11.5 Å². The summed E-state index contributed by atoms with van der Waals surface area (Å²) in [4.78, 5) is 0. The van der Waals surface area contributed by atoms with Crippen molar-refractivity contribution in [2.45, 2.75) is 12.5 Å². The lowest BCUT2D eigenvalue weighted by Gasteiger charge is -2.12. The van der Waals surface area contributed by atoms with E-state index in [1.54, 1.807) is 12.1 Å². The third-order valence-corrected chi connectivity index (χ3v) is 2.86. The van der Waals surface area contributed by atoms with Gasteiger partial charge < -0.3 is 14.9 Å². The molecule has 0 amide bonds. The first-order chi connectivity index (χ1) is 8.70. The Morgan fingerprint density at radius 2 is 1.83 bits per heavy atom. The highest BCUT2D eigenvalue weighted by molar-refractivity contribution is 5.42. The number of phenolic OH excluding ortho intramolecular Hbond substituents is 1. The molecule has 2 aromatic rings. The first-order valence-electron chi connectivity index (χ1n) is 5.79. The van der Waals surface area contributed by atoms with Crippen LogP contribution in [0.2, 0.25) is 0 Å². The average molecular weight is 244 g/mol. The van der Waals surface area contributed by atoms with Gasteiger partial charge in [0.1, 0.15) is 0 Å². The fourth-order valence-electron chi connectivity index (χ4n) is 1.88. The topological polar surface area (TPSA) is 49.7 Å². The van der Waals surface area contributed by atoms with E-state index in [4.69, 9.17) is 4.74 Å². The lowest BCUT2D eigenvalue weighted by Crippen LogP contribution is -2.01. The van der Waals surface area contributed by atoms with Crippen LogP contribution in [0.3, 0.4) is 0 Å². The van der Waals surface area contributed by atoms with Crippen LogP contribution in [0.25, 0.3) is 0 Å². The predicted octanol–water partition coefficient (Wildman–Crippen LogP) is 2.68. The summed E-state index contributed by atoms with van der Waals surface area (Å²) in [5, 5.41) is 19.7. The zero-order valence-electron chi connectivity index (χ0n) is 10.2. The summed E-state index contributed by atoms with van der Waals surface area (Å²) >= 11 is 0. The van der Waals surface area contributed by atoms with Crippen LogP contribution in [0.1, 0.15) is 17.2 Å². The molecule has 1 unspecified atom stereocenters. The third kappa shape index (κ3) is 2.81. The number of hydrogen-bond donors (Lipinski definition) is 2. The monoisotopic (exact) mass is 244 g/mol. The standard InChI is InChI=1S/C15H16O3/c1-18-15-8-7-11(10-14(15)17)9-13(16)12-5-3-2-4-6-12/h2-8,10,13,16-17H,9H2,1H3. The van der Waals surface area contributed by atoms with E-state index in [1.165, 1.54) is 7.11 Å². The van der Waals surface area contributed by atoms with Crippen LogP contribution in [-0.4, -0.2) is 17.3 Å². The van der Waals surface area contributed by atoms with Crippen LogP contribution < -0.4 is 4.74 Å². The molecule has 0 saturated carbocycles. The van der Waals surface area contributed by atoms with E-state index in [1.807, 2.05) is 36.4 Å². The zero-order chi connectivity index (χ0) is 13.0. The Morgan fingerprint density at radius 3 is 2.44 bits per heavy atom.